The Hall–Kier alpha value is -1.76. The lowest BCUT2D eigenvalue weighted by molar-refractivity contribution is 0.103. The molecule has 1 aliphatic rings. The van der Waals surface area contributed by atoms with Gasteiger partial charge in [0.05, 0.1) is 23.8 Å². The van der Waals surface area contributed by atoms with Crippen molar-refractivity contribution in [1.29, 1.82) is 4.78 Å². The van der Waals surface area contributed by atoms with E-state index in [0.29, 0.717) is 18.9 Å². The van der Waals surface area contributed by atoms with Crippen LogP contribution in [0.3, 0.4) is 0 Å². The van der Waals surface area contributed by atoms with Crippen molar-refractivity contribution < 1.29 is 9.53 Å². The van der Waals surface area contributed by atoms with Gasteiger partial charge >= 0.3 is 0 Å². The molecule has 0 saturated carbocycles. The molecule has 0 bridgehead atoms. The van der Waals surface area contributed by atoms with Crippen molar-refractivity contribution in [2.75, 3.05) is 6.61 Å². The smallest absolute Gasteiger partial charge is 0.166 e. The van der Waals surface area contributed by atoms with Crippen LogP contribution in [0.1, 0.15) is 28.0 Å². The minimum atomic E-state index is -0.811. The van der Waals surface area contributed by atoms with Crippen LogP contribution in [-0.4, -0.2) is 23.5 Å². The summed E-state index contributed by atoms with van der Waals surface area (Å²) in [7, 11) is 1.05. The number of ether oxygens (including phenoxy) is 1. The third-order valence-corrected chi connectivity index (χ3v) is 5.45. The lowest BCUT2D eigenvalue weighted by Gasteiger charge is -2.16. The largest absolute Gasteiger partial charge is 0.375 e. The minimum absolute atomic E-state index is 0.136. The van der Waals surface area contributed by atoms with Crippen LogP contribution in [0.5, 0.6) is 0 Å². The molecule has 0 fully saturated rings. The SMILES string of the molecule is Cn1cc2c(c1C=O)CCC(COCc1ccccc1)NS2=N. The zero-order valence-corrected chi connectivity index (χ0v) is 13.9. The summed E-state index contributed by atoms with van der Waals surface area (Å²) >= 11 is 0. The number of carbonyl (C=O) groups excluding carboxylic acids is 1. The lowest BCUT2D eigenvalue weighted by atomic mass is 10.1. The maximum atomic E-state index is 11.3. The average molecular weight is 331 g/mol. The molecule has 2 atom stereocenters. The standard InChI is InChI=1S/C17H21N3O2S/c1-20-9-17-15(16(20)10-21)8-7-14(19-23(17)18)12-22-11-13-5-3-2-4-6-13/h2-6,9-10,14H,7-8,11-12H2,1H3,(H2,18,19). The first-order valence-corrected chi connectivity index (χ1v) is 8.88. The fourth-order valence-corrected chi connectivity index (χ4v) is 4.22. The van der Waals surface area contributed by atoms with E-state index in [1.165, 1.54) is 0 Å². The molecule has 1 aromatic carbocycles. The van der Waals surface area contributed by atoms with Gasteiger partial charge in [0, 0.05) is 19.3 Å². The van der Waals surface area contributed by atoms with Gasteiger partial charge in [-0.2, -0.15) is 0 Å². The van der Waals surface area contributed by atoms with Crippen molar-refractivity contribution in [3.8, 4) is 0 Å². The zero-order valence-electron chi connectivity index (χ0n) is 13.1. The van der Waals surface area contributed by atoms with Crippen molar-refractivity contribution in [1.82, 2.24) is 9.29 Å². The molecule has 0 spiro atoms. The minimum Gasteiger partial charge on any atom is -0.375 e. The van der Waals surface area contributed by atoms with E-state index in [1.54, 1.807) is 0 Å². The molecule has 122 valence electrons. The number of rotatable bonds is 5. The number of aromatic nitrogens is 1. The molecule has 0 saturated heterocycles. The van der Waals surface area contributed by atoms with E-state index in [2.05, 4.69) is 4.72 Å². The molecule has 0 radical (unpaired) electrons. The molecule has 1 aliphatic heterocycles. The fraction of sp³-hybridized carbons (Fsp3) is 0.353. The maximum absolute atomic E-state index is 11.3. The predicted octanol–water partition coefficient (Wildman–Crippen LogP) is 2.61. The van der Waals surface area contributed by atoms with Gasteiger partial charge in [-0.25, -0.2) is 4.72 Å². The molecule has 2 unspecified atom stereocenters. The van der Waals surface area contributed by atoms with Crippen molar-refractivity contribution in [3.63, 3.8) is 0 Å². The molecule has 2 heterocycles. The molecule has 6 heteroatoms. The predicted molar refractivity (Wildman–Crippen MR) is 90.5 cm³/mol. The summed E-state index contributed by atoms with van der Waals surface area (Å²) < 4.78 is 19.3. The summed E-state index contributed by atoms with van der Waals surface area (Å²) in [6.45, 7) is 1.16. The van der Waals surface area contributed by atoms with Crippen LogP contribution >= 0.6 is 0 Å². The Morgan fingerprint density at radius 2 is 2.22 bits per heavy atom. The van der Waals surface area contributed by atoms with Gasteiger partial charge in [-0.3, -0.25) is 9.57 Å². The van der Waals surface area contributed by atoms with Crippen LogP contribution in [0.4, 0.5) is 0 Å². The Morgan fingerprint density at radius 3 is 2.96 bits per heavy atom. The number of nitrogens with zero attached hydrogens (tertiary/aromatic N) is 1. The van der Waals surface area contributed by atoms with Crippen LogP contribution < -0.4 is 4.72 Å². The van der Waals surface area contributed by atoms with Gasteiger partial charge in [-0.15, -0.1) is 0 Å². The van der Waals surface area contributed by atoms with E-state index in [4.69, 9.17) is 9.52 Å². The molecule has 1 aromatic heterocycles. The number of hydrogen-bond acceptors (Lipinski definition) is 3. The van der Waals surface area contributed by atoms with Gasteiger partial charge in [0.25, 0.3) is 0 Å². The van der Waals surface area contributed by atoms with E-state index < -0.39 is 10.9 Å². The monoisotopic (exact) mass is 331 g/mol. The Balaban J connectivity index is 1.61. The molecule has 2 aromatic rings. The van der Waals surface area contributed by atoms with E-state index in [9.17, 15) is 4.79 Å². The lowest BCUT2D eigenvalue weighted by Crippen LogP contribution is -2.33. The normalized spacial score (nSPS) is 20.7. The molecule has 0 amide bonds. The summed E-state index contributed by atoms with van der Waals surface area (Å²) in [6.07, 6.45) is 4.46. The van der Waals surface area contributed by atoms with Gasteiger partial charge in [-0.05, 0) is 34.8 Å². The maximum Gasteiger partial charge on any atom is 0.166 e. The van der Waals surface area contributed by atoms with Crippen LogP contribution in [0.2, 0.25) is 0 Å². The summed E-state index contributed by atoms with van der Waals surface area (Å²) in [5, 5.41) is 0. The van der Waals surface area contributed by atoms with E-state index >= 15 is 0 Å². The van der Waals surface area contributed by atoms with Gasteiger partial charge in [0.2, 0.25) is 0 Å². The summed E-state index contributed by atoms with van der Waals surface area (Å²) in [5.74, 6) is 0. The zero-order chi connectivity index (χ0) is 16.2. The van der Waals surface area contributed by atoms with Crippen molar-refractivity contribution >= 4 is 17.2 Å². The first-order chi connectivity index (χ1) is 11.2. The Kier molecular flexibility index (Phi) is 5.05. The highest BCUT2D eigenvalue weighted by molar-refractivity contribution is 7.84. The first-order valence-electron chi connectivity index (χ1n) is 7.65. The van der Waals surface area contributed by atoms with Crippen molar-refractivity contribution in [2.45, 2.75) is 30.4 Å². The van der Waals surface area contributed by atoms with Crippen LogP contribution in [0.25, 0.3) is 0 Å². The highest BCUT2D eigenvalue weighted by Crippen LogP contribution is 2.24. The van der Waals surface area contributed by atoms with Crippen LogP contribution in [0.15, 0.2) is 41.4 Å². The Labute approximate surface area is 138 Å². The second-order valence-corrected chi connectivity index (χ2v) is 7.03. The van der Waals surface area contributed by atoms with Gasteiger partial charge in [0.1, 0.15) is 0 Å². The number of benzene rings is 1. The van der Waals surface area contributed by atoms with Crippen LogP contribution in [-0.2, 0) is 35.7 Å². The quantitative estimate of drug-likeness (QED) is 0.828. The first kappa shape index (κ1) is 16.1. The van der Waals surface area contributed by atoms with Crippen molar-refractivity contribution in [3.05, 3.63) is 53.3 Å². The molecule has 3 rings (SSSR count). The Bertz CT molecular complexity index is 712. The summed E-state index contributed by atoms with van der Waals surface area (Å²) in [5.41, 5.74) is 2.86. The fourth-order valence-electron chi connectivity index (χ4n) is 2.86. The average Bonchev–Trinajstić information content (AvgIpc) is 2.81. The second-order valence-electron chi connectivity index (χ2n) is 5.75. The van der Waals surface area contributed by atoms with Crippen LogP contribution in [0, 0.1) is 4.78 Å². The third kappa shape index (κ3) is 3.60. The summed E-state index contributed by atoms with van der Waals surface area (Å²) in [4.78, 5) is 12.2. The highest BCUT2D eigenvalue weighted by atomic mass is 32.2. The Morgan fingerprint density at radius 1 is 1.43 bits per heavy atom. The van der Waals surface area contributed by atoms with Gasteiger partial charge in [-0.1, -0.05) is 30.3 Å². The van der Waals surface area contributed by atoms with E-state index in [0.717, 1.165) is 35.2 Å². The van der Waals surface area contributed by atoms with E-state index in [-0.39, 0.29) is 6.04 Å². The molecule has 0 aliphatic carbocycles. The number of aryl methyl sites for hydroxylation is 1. The topological polar surface area (TPSA) is 67.1 Å². The van der Waals surface area contributed by atoms with E-state index in [1.807, 2.05) is 48.1 Å². The number of fused-ring (bicyclic) bond motifs is 1. The molecular weight excluding hydrogens is 310 g/mol. The molecule has 2 N–H and O–H groups in total. The van der Waals surface area contributed by atoms with Crippen molar-refractivity contribution in [2.24, 2.45) is 7.05 Å². The number of hydrogen-bond donors (Lipinski definition) is 2. The van der Waals surface area contributed by atoms with Gasteiger partial charge in [0.15, 0.2) is 6.29 Å². The molecule has 5 nitrogen and oxygen atoms in total. The number of aldehydes is 1. The summed E-state index contributed by atoms with van der Waals surface area (Å²) in [6, 6.07) is 10.2. The van der Waals surface area contributed by atoms with Gasteiger partial charge < -0.3 is 9.30 Å². The second kappa shape index (κ2) is 7.21. The molecular formula is C17H21N3O2S. The number of nitrogens with one attached hydrogen (secondary N) is 2. The highest BCUT2D eigenvalue weighted by Gasteiger charge is 2.23. The third-order valence-electron chi connectivity index (χ3n) is 4.09. The number of carbonyl (C=O) groups is 1. The molecule has 23 heavy (non-hydrogen) atoms.